The van der Waals surface area contributed by atoms with E-state index in [1.807, 2.05) is 12.4 Å². The van der Waals surface area contributed by atoms with Crippen LogP contribution in [0.5, 0.6) is 0 Å². The molecule has 0 radical (unpaired) electrons. The molecule has 0 aliphatic rings. The van der Waals surface area contributed by atoms with Gasteiger partial charge in [0.2, 0.25) is 0 Å². The molecule has 2 nitrogen and oxygen atoms in total. The van der Waals surface area contributed by atoms with Crippen molar-refractivity contribution in [2.75, 3.05) is 11.4 Å². The second kappa shape index (κ2) is 7.00. The molecule has 1 rings (SSSR count). The molecular formula is C14H23BrN2. The van der Waals surface area contributed by atoms with E-state index in [1.54, 1.807) is 0 Å². The lowest BCUT2D eigenvalue weighted by atomic mass is 10.1. The first-order valence-electron chi connectivity index (χ1n) is 6.46. The molecule has 1 heterocycles. The summed E-state index contributed by atoms with van der Waals surface area (Å²) in [6.45, 7) is 10.1. The van der Waals surface area contributed by atoms with Crippen LogP contribution >= 0.6 is 15.9 Å². The molecule has 0 unspecified atom stereocenters. The molecule has 3 heteroatoms. The van der Waals surface area contributed by atoms with Crippen LogP contribution in [0.25, 0.3) is 0 Å². The summed E-state index contributed by atoms with van der Waals surface area (Å²) in [7, 11) is 0. The summed E-state index contributed by atoms with van der Waals surface area (Å²) in [5.41, 5.74) is 1.27. The predicted octanol–water partition coefficient (Wildman–Crippen LogP) is 4.50. The van der Waals surface area contributed by atoms with Crippen molar-refractivity contribution in [3.63, 3.8) is 0 Å². The maximum atomic E-state index is 4.14. The molecule has 17 heavy (non-hydrogen) atoms. The number of halogens is 1. The number of hydrogen-bond acceptors (Lipinski definition) is 2. The third kappa shape index (κ3) is 3.98. The number of aromatic nitrogens is 1. The summed E-state index contributed by atoms with van der Waals surface area (Å²) in [5, 5.41) is 0. The van der Waals surface area contributed by atoms with Crippen molar-refractivity contribution in [1.82, 2.24) is 4.98 Å². The van der Waals surface area contributed by atoms with Crippen molar-refractivity contribution in [3.05, 3.63) is 22.9 Å². The van der Waals surface area contributed by atoms with Crippen LogP contribution in [-0.4, -0.2) is 17.6 Å². The standard InChI is InChI=1S/C14H23BrN2/c1-5-12(6-2)17(10-11(3)4)14-7-8-16-9-13(14)15/h7-9,11-12H,5-6,10H2,1-4H3. The van der Waals surface area contributed by atoms with Gasteiger partial charge in [-0.1, -0.05) is 27.7 Å². The van der Waals surface area contributed by atoms with E-state index in [0.717, 1.165) is 11.0 Å². The van der Waals surface area contributed by atoms with Gasteiger partial charge in [0, 0.05) is 25.0 Å². The van der Waals surface area contributed by atoms with Crippen molar-refractivity contribution >= 4 is 21.6 Å². The highest BCUT2D eigenvalue weighted by Gasteiger charge is 2.18. The van der Waals surface area contributed by atoms with Gasteiger partial charge in [0.05, 0.1) is 10.2 Å². The molecule has 1 aromatic heterocycles. The van der Waals surface area contributed by atoms with Crippen LogP contribution in [0.2, 0.25) is 0 Å². The Hall–Kier alpha value is -0.570. The number of hydrogen-bond donors (Lipinski definition) is 0. The van der Waals surface area contributed by atoms with Crippen LogP contribution in [0.1, 0.15) is 40.5 Å². The van der Waals surface area contributed by atoms with E-state index in [9.17, 15) is 0 Å². The van der Waals surface area contributed by atoms with Crippen molar-refractivity contribution in [3.8, 4) is 0 Å². The highest BCUT2D eigenvalue weighted by molar-refractivity contribution is 9.10. The van der Waals surface area contributed by atoms with E-state index in [-0.39, 0.29) is 0 Å². The molecule has 0 spiro atoms. The van der Waals surface area contributed by atoms with E-state index in [2.05, 4.69) is 59.6 Å². The van der Waals surface area contributed by atoms with E-state index in [0.29, 0.717) is 12.0 Å². The maximum absolute atomic E-state index is 4.14. The van der Waals surface area contributed by atoms with Crippen molar-refractivity contribution in [2.45, 2.75) is 46.6 Å². The summed E-state index contributed by atoms with van der Waals surface area (Å²) in [6, 6.07) is 2.71. The fourth-order valence-electron chi connectivity index (χ4n) is 2.17. The molecular weight excluding hydrogens is 276 g/mol. The first kappa shape index (κ1) is 14.5. The van der Waals surface area contributed by atoms with Gasteiger partial charge in [-0.25, -0.2) is 0 Å². The van der Waals surface area contributed by atoms with Gasteiger partial charge in [-0.15, -0.1) is 0 Å². The Morgan fingerprint density at radius 1 is 1.29 bits per heavy atom. The van der Waals surface area contributed by atoms with Crippen LogP contribution < -0.4 is 4.90 Å². The second-order valence-electron chi connectivity index (χ2n) is 4.84. The Bertz CT molecular complexity index is 335. The van der Waals surface area contributed by atoms with Crippen LogP contribution in [0, 0.1) is 5.92 Å². The predicted molar refractivity (Wildman–Crippen MR) is 78.5 cm³/mol. The van der Waals surface area contributed by atoms with Gasteiger partial charge in [0.25, 0.3) is 0 Å². The number of rotatable bonds is 6. The lowest BCUT2D eigenvalue weighted by Gasteiger charge is -2.34. The zero-order valence-electron chi connectivity index (χ0n) is 11.3. The van der Waals surface area contributed by atoms with Gasteiger partial charge in [-0.2, -0.15) is 0 Å². The summed E-state index contributed by atoms with van der Waals surface area (Å²) in [4.78, 5) is 6.65. The minimum atomic E-state index is 0.607. The number of pyridine rings is 1. The average Bonchev–Trinajstić information content (AvgIpc) is 2.29. The van der Waals surface area contributed by atoms with Crippen LogP contribution in [0.3, 0.4) is 0 Å². The second-order valence-corrected chi connectivity index (χ2v) is 5.70. The smallest absolute Gasteiger partial charge is 0.0592 e. The molecule has 1 aromatic rings. The van der Waals surface area contributed by atoms with Crippen LogP contribution in [-0.2, 0) is 0 Å². The van der Waals surface area contributed by atoms with Crippen molar-refractivity contribution in [2.24, 2.45) is 5.92 Å². The molecule has 0 saturated carbocycles. The number of anilines is 1. The highest BCUT2D eigenvalue weighted by atomic mass is 79.9. The SMILES string of the molecule is CCC(CC)N(CC(C)C)c1ccncc1Br. The Kier molecular flexibility index (Phi) is 5.96. The van der Waals surface area contributed by atoms with Gasteiger partial charge in [0.1, 0.15) is 0 Å². The normalized spacial score (nSPS) is 11.2. The van der Waals surface area contributed by atoms with Gasteiger partial charge >= 0.3 is 0 Å². The summed E-state index contributed by atoms with van der Waals surface area (Å²) < 4.78 is 1.09. The van der Waals surface area contributed by atoms with Gasteiger partial charge in [0.15, 0.2) is 0 Å². The molecule has 0 aromatic carbocycles. The average molecular weight is 299 g/mol. The summed E-state index contributed by atoms with van der Waals surface area (Å²) >= 11 is 3.61. The molecule has 0 amide bonds. The molecule has 0 fully saturated rings. The maximum Gasteiger partial charge on any atom is 0.0592 e. The molecule has 96 valence electrons. The molecule has 0 saturated heterocycles. The molecule has 0 N–H and O–H groups in total. The lowest BCUT2D eigenvalue weighted by molar-refractivity contribution is 0.507. The van der Waals surface area contributed by atoms with E-state index < -0.39 is 0 Å². The topological polar surface area (TPSA) is 16.1 Å². The zero-order valence-corrected chi connectivity index (χ0v) is 12.9. The first-order valence-corrected chi connectivity index (χ1v) is 7.25. The Morgan fingerprint density at radius 2 is 1.94 bits per heavy atom. The minimum absolute atomic E-state index is 0.607. The fraction of sp³-hybridized carbons (Fsp3) is 0.643. The number of nitrogens with zero attached hydrogens (tertiary/aromatic N) is 2. The monoisotopic (exact) mass is 298 g/mol. The van der Waals surface area contributed by atoms with E-state index in [4.69, 9.17) is 0 Å². The van der Waals surface area contributed by atoms with Gasteiger partial charge < -0.3 is 4.90 Å². The third-order valence-corrected chi connectivity index (χ3v) is 3.62. The highest BCUT2D eigenvalue weighted by Crippen LogP contribution is 2.28. The van der Waals surface area contributed by atoms with Crippen molar-refractivity contribution < 1.29 is 0 Å². The Labute approximate surface area is 114 Å². The molecule has 0 atom stereocenters. The van der Waals surface area contributed by atoms with Gasteiger partial charge in [-0.3, -0.25) is 4.98 Å². The first-order chi connectivity index (χ1) is 8.10. The van der Waals surface area contributed by atoms with E-state index in [1.165, 1.54) is 18.5 Å². The third-order valence-electron chi connectivity index (χ3n) is 3.01. The quantitative estimate of drug-likeness (QED) is 0.769. The zero-order chi connectivity index (χ0) is 12.8. The minimum Gasteiger partial charge on any atom is -0.367 e. The molecule has 0 aliphatic heterocycles. The van der Waals surface area contributed by atoms with Crippen LogP contribution in [0.15, 0.2) is 22.9 Å². The largest absolute Gasteiger partial charge is 0.367 e. The summed E-state index contributed by atoms with van der Waals surface area (Å²) in [6.07, 6.45) is 6.11. The van der Waals surface area contributed by atoms with Crippen molar-refractivity contribution in [1.29, 1.82) is 0 Å². The Balaban J connectivity index is 3.01. The summed E-state index contributed by atoms with van der Waals surface area (Å²) in [5.74, 6) is 0.663. The van der Waals surface area contributed by atoms with E-state index >= 15 is 0 Å². The van der Waals surface area contributed by atoms with Crippen LogP contribution in [0.4, 0.5) is 5.69 Å². The Morgan fingerprint density at radius 3 is 2.41 bits per heavy atom. The molecule has 0 aliphatic carbocycles. The lowest BCUT2D eigenvalue weighted by Crippen LogP contribution is -2.37. The fourth-order valence-corrected chi connectivity index (χ4v) is 2.65. The van der Waals surface area contributed by atoms with Gasteiger partial charge in [-0.05, 0) is 40.8 Å². The molecule has 0 bridgehead atoms.